The molecule has 2 rings (SSSR count). The third kappa shape index (κ3) is 3.07. The van der Waals surface area contributed by atoms with Crippen LogP contribution in [0.15, 0.2) is 12.4 Å². The molecule has 0 aliphatic rings. The average molecular weight is 293 g/mol. The summed E-state index contributed by atoms with van der Waals surface area (Å²) >= 11 is 1.48. The van der Waals surface area contributed by atoms with E-state index in [4.69, 9.17) is 0 Å². The number of hydrogen-bond donors (Lipinski definition) is 1. The molecule has 2 aromatic rings. The number of nitrogens with zero attached hydrogens (tertiary/aromatic N) is 4. The fraction of sp³-hybridized carbons (Fsp3) is 0.643. The van der Waals surface area contributed by atoms with Crippen LogP contribution < -0.4 is 5.32 Å². The smallest absolute Gasteiger partial charge is 0.131 e. The van der Waals surface area contributed by atoms with Crippen LogP contribution in [0, 0.1) is 0 Å². The molecule has 2 aromatic heterocycles. The first-order valence-electron chi connectivity index (χ1n) is 7.25. The summed E-state index contributed by atoms with van der Waals surface area (Å²) in [6.45, 7) is 10.5. The van der Waals surface area contributed by atoms with Crippen LogP contribution in [-0.2, 0) is 6.54 Å². The lowest BCUT2D eigenvalue weighted by atomic mass is 10.1. The molecule has 0 spiro atoms. The van der Waals surface area contributed by atoms with E-state index < -0.39 is 0 Å². The molecule has 1 atom stereocenters. The van der Waals surface area contributed by atoms with E-state index in [1.165, 1.54) is 16.4 Å². The zero-order valence-corrected chi connectivity index (χ0v) is 13.4. The molecule has 0 saturated heterocycles. The van der Waals surface area contributed by atoms with Gasteiger partial charge < -0.3 is 9.88 Å². The number of aromatic nitrogens is 4. The maximum atomic E-state index is 4.55. The zero-order valence-electron chi connectivity index (χ0n) is 12.6. The van der Waals surface area contributed by atoms with Gasteiger partial charge in [-0.3, -0.25) is 0 Å². The summed E-state index contributed by atoms with van der Waals surface area (Å²) in [5.41, 5.74) is 1.08. The minimum Gasteiger partial charge on any atom is -0.334 e. The fourth-order valence-corrected chi connectivity index (χ4v) is 3.12. The zero-order chi connectivity index (χ0) is 14.5. The average Bonchev–Trinajstić information content (AvgIpc) is 3.07. The predicted molar refractivity (Wildman–Crippen MR) is 82.0 cm³/mol. The molecule has 0 saturated carbocycles. The van der Waals surface area contributed by atoms with Crippen LogP contribution >= 0.6 is 11.5 Å². The number of rotatable bonds is 7. The summed E-state index contributed by atoms with van der Waals surface area (Å²) in [5, 5.41) is 7.89. The normalized spacial score (nSPS) is 13.1. The highest BCUT2D eigenvalue weighted by Crippen LogP contribution is 2.30. The largest absolute Gasteiger partial charge is 0.334 e. The molecule has 5 nitrogen and oxygen atoms in total. The van der Waals surface area contributed by atoms with E-state index in [1.54, 1.807) is 0 Å². The van der Waals surface area contributed by atoms with Gasteiger partial charge in [-0.15, -0.1) is 5.10 Å². The molecule has 0 fully saturated rings. The third-order valence-electron chi connectivity index (χ3n) is 3.29. The van der Waals surface area contributed by atoms with Gasteiger partial charge in [0.1, 0.15) is 11.9 Å². The fourth-order valence-electron chi connectivity index (χ4n) is 2.24. The Hall–Kier alpha value is -1.27. The molecule has 2 heterocycles. The van der Waals surface area contributed by atoms with E-state index in [-0.39, 0.29) is 6.04 Å². The molecule has 0 aliphatic carbocycles. The van der Waals surface area contributed by atoms with E-state index in [1.807, 2.05) is 12.4 Å². The quantitative estimate of drug-likeness (QED) is 0.852. The van der Waals surface area contributed by atoms with E-state index in [0.29, 0.717) is 5.92 Å². The number of hydrogen-bond acceptors (Lipinski definition) is 5. The molecule has 20 heavy (non-hydrogen) atoms. The summed E-state index contributed by atoms with van der Waals surface area (Å²) < 4.78 is 6.33. The van der Waals surface area contributed by atoms with E-state index >= 15 is 0 Å². The summed E-state index contributed by atoms with van der Waals surface area (Å²) in [7, 11) is 0. The van der Waals surface area contributed by atoms with Crippen LogP contribution in [0.4, 0.5) is 0 Å². The first-order valence-corrected chi connectivity index (χ1v) is 8.02. The highest BCUT2D eigenvalue weighted by molar-refractivity contribution is 7.05. The van der Waals surface area contributed by atoms with Crippen molar-refractivity contribution in [3.8, 4) is 0 Å². The van der Waals surface area contributed by atoms with Crippen molar-refractivity contribution in [3.05, 3.63) is 28.8 Å². The Bertz CT molecular complexity index is 531. The molecule has 0 radical (unpaired) electrons. The minimum atomic E-state index is 0.0855. The van der Waals surface area contributed by atoms with Gasteiger partial charge in [-0.1, -0.05) is 25.3 Å². The topological polar surface area (TPSA) is 55.6 Å². The van der Waals surface area contributed by atoms with Crippen LogP contribution in [0.3, 0.4) is 0 Å². The Labute approximate surface area is 124 Å². The van der Waals surface area contributed by atoms with Crippen molar-refractivity contribution in [1.82, 2.24) is 24.5 Å². The molecule has 0 amide bonds. The summed E-state index contributed by atoms with van der Waals surface area (Å²) in [4.78, 5) is 5.74. The van der Waals surface area contributed by atoms with Crippen LogP contribution in [0.25, 0.3) is 0 Å². The van der Waals surface area contributed by atoms with Crippen molar-refractivity contribution in [2.45, 2.75) is 52.6 Å². The van der Waals surface area contributed by atoms with E-state index in [0.717, 1.165) is 31.0 Å². The Balaban J connectivity index is 2.39. The van der Waals surface area contributed by atoms with Crippen LogP contribution in [0.1, 0.15) is 62.5 Å². The first-order chi connectivity index (χ1) is 9.69. The van der Waals surface area contributed by atoms with Gasteiger partial charge in [0.05, 0.1) is 10.6 Å². The molecule has 0 aliphatic heterocycles. The van der Waals surface area contributed by atoms with Crippen LogP contribution in [0.5, 0.6) is 0 Å². The SMILES string of the molecule is CCCNC(c1snnc1C(C)C)c1nccn1CC. The second-order valence-electron chi connectivity index (χ2n) is 5.14. The third-order valence-corrected chi connectivity index (χ3v) is 4.10. The van der Waals surface area contributed by atoms with E-state index in [9.17, 15) is 0 Å². The highest BCUT2D eigenvalue weighted by Gasteiger charge is 2.25. The van der Waals surface area contributed by atoms with Crippen molar-refractivity contribution in [2.75, 3.05) is 6.54 Å². The second kappa shape index (κ2) is 6.95. The van der Waals surface area contributed by atoms with Gasteiger partial charge >= 0.3 is 0 Å². The summed E-state index contributed by atoms with van der Waals surface area (Å²) in [5.74, 6) is 1.42. The molecule has 6 heteroatoms. The van der Waals surface area contributed by atoms with Crippen molar-refractivity contribution >= 4 is 11.5 Å². The van der Waals surface area contributed by atoms with Gasteiger partial charge in [0.2, 0.25) is 0 Å². The summed E-state index contributed by atoms with van der Waals surface area (Å²) in [6, 6.07) is 0.0855. The predicted octanol–water partition coefficient (Wildman–Crippen LogP) is 2.97. The Morgan fingerprint density at radius 3 is 2.80 bits per heavy atom. The first kappa shape index (κ1) is 15.1. The second-order valence-corrected chi connectivity index (χ2v) is 5.92. The number of nitrogens with one attached hydrogen (secondary N) is 1. The highest BCUT2D eigenvalue weighted by atomic mass is 32.1. The number of imidazole rings is 1. The van der Waals surface area contributed by atoms with Gasteiger partial charge in [-0.2, -0.15) is 0 Å². The number of aryl methyl sites for hydroxylation is 1. The maximum absolute atomic E-state index is 4.55. The van der Waals surface area contributed by atoms with Gasteiger partial charge in [0, 0.05) is 18.9 Å². The van der Waals surface area contributed by atoms with Crippen molar-refractivity contribution < 1.29 is 0 Å². The van der Waals surface area contributed by atoms with Crippen molar-refractivity contribution in [2.24, 2.45) is 0 Å². The Kier molecular flexibility index (Phi) is 5.25. The lowest BCUT2D eigenvalue weighted by Crippen LogP contribution is -2.26. The molecule has 0 aromatic carbocycles. The Morgan fingerprint density at radius 1 is 1.35 bits per heavy atom. The van der Waals surface area contributed by atoms with Gasteiger partial charge in [0.15, 0.2) is 0 Å². The van der Waals surface area contributed by atoms with Crippen molar-refractivity contribution in [1.29, 1.82) is 0 Å². The molecule has 1 unspecified atom stereocenters. The molecule has 110 valence electrons. The van der Waals surface area contributed by atoms with Gasteiger partial charge in [0.25, 0.3) is 0 Å². The monoisotopic (exact) mass is 293 g/mol. The molecular formula is C14H23N5S. The molecule has 1 N–H and O–H groups in total. The molecular weight excluding hydrogens is 270 g/mol. The van der Waals surface area contributed by atoms with Gasteiger partial charge in [-0.25, -0.2) is 4.98 Å². The van der Waals surface area contributed by atoms with Crippen LogP contribution in [-0.4, -0.2) is 25.7 Å². The van der Waals surface area contributed by atoms with E-state index in [2.05, 4.69) is 52.1 Å². The maximum Gasteiger partial charge on any atom is 0.131 e. The Morgan fingerprint density at radius 2 is 2.15 bits per heavy atom. The van der Waals surface area contributed by atoms with Crippen LogP contribution in [0.2, 0.25) is 0 Å². The summed E-state index contributed by atoms with van der Waals surface area (Å²) in [6.07, 6.45) is 4.98. The molecule has 0 bridgehead atoms. The minimum absolute atomic E-state index is 0.0855. The lowest BCUT2D eigenvalue weighted by molar-refractivity contribution is 0.541. The van der Waals surface area contributed by atoms with Crippen molar-refractivity contribution in [3.63, 3.8) is 0 Å². The van der Waals surface area contributed by atoms with Gasteiger partial charge in [-0.05, 0) is 37.3 Å². The lowest BCUT2D eigenvalue weighted by Gasteiger charge is -2.19. The standard InChI is InChI=1S/C14H23N5S/c1-5-7-15-12(14-16-8-9-19(14)6-2)13-11(10(3)4)17-18-20-13/h8-10,12,15H,5-7H2,1-4H3.